The molecule has 0 aromatic carbocycles. The van der Waals surface area contributed by atoms with Crippen LogP contribution in [0.25, 0.3) is 0 Å². The van der Waals surface area contributed by atoms with Gasteiger partial charge in [0, 0.05) is 19.3 Å². The van der Waals surface area contributed by atoms with Gasteiger partial charge < -0.3 is 14.2 Å². The summed E-state index contributed by atoms with van der Waals surface area (Å²) >= 11 is 0. The van der Waals surface area contributed by atoms with Gasteiger partial charge in [-0.05, 0) is 96.3 Å². The molecule has 0 radical (unpaired) electrons. The molecule has 0 aliphatic heterocycles. The zero-order valence-electron chi connectivity index (χ0n) is 41.1. The van der Waals surface area contributed by atoms with Crippen molar-refractivity contribution in [3.63, 3.8) is 0 Å². The lowest BCUT2D eigenvalue weighted by Crippen LogP contribution is -2.30. The third-order valence-electron chi connectivity index (χ3n) is 10.9. The van der Waals surface area contributed by atoms with E-state index in [9.17, 15) is 14.4 Å². The van der Waals surface area contributed by atoms with Crippen molar-refractivity contribution in [2.24, 2.45) is 0 Å². The monoisotopic (exact) mass is 877 g/mol. The number of esters is 3. The highest BCUT2D eigenvalue weighted by molar-refractivity contribution is 5.71. The molecular formula is C57H96O6. The van der Waals surface area contributed by atoms with Crippen LogP contribution in [0, 0.1) is 0 Å². The van der Waals surface area contributed by atoms with Gasteiger partial charge in [-0.3, -0.25) is 14.4 Å². The van der Waals surface area contributed by atoms with Gasteiger partial charge in [-0.15, -0.1) is 0 Å². The van der Waals surface area contributed by atoms with Crippen molar-refractivity contribution in [1.29, 1.82) is 0 Å². The van der Waals surface area contributed by atoms with Gasteiger partial charge in [0.25, 0.3) is 0 Å². The van der Waals surface area contributed by atoms with E-state index in [4.69, 9.17) is 14.2 Å². The average Bonchev–Trinajstić information content (AvgIpc) is 3.28. The van der Waals surface area contributed by atoms with E-state index in [-0.39, 0.29) is 31.1 Å². The van der Waals surface area contributed by atoms with Crippen LogP contribution >= 0.6 is 0 Å². The highest BCUT2D eigenvalue weighted by atomic mass is 16.6. The minimum Gasteiger partial charge on any atom is -0.462 e. The molecule has 0 amide bonds. The average molecular weight is 877 g/mol. The number of ether oxygens (including phenoxy) is 3. The van der Waals surface area contributed by atoms with Crippen LogP contribution in [0.1, 0.15) is 239 Å². The van der Waals surface area contributed by atoms with Crippen molar-refractivity contribution in [3.05, 3.63) is 85.1 Å². The first-order chi connectivity index (χ1) is 31.0. The van der Waals surface area contributed by atoms with E-state index in [1.54, 1.807) is 0 Å². The summed E-state index contributed by atoms with van der Waals surface area (Å²) in [7, 11) is 0. The van der Waals surface area contributed by atoms with Crippen LogP contribution < -0.4 is 0 Å². The summed E-state index contributed by atoms with van der Waals surface area (Å²) < 4.78 is 16.7. The van der Waals surface area contributed by atoms with Crippen LogP contribution in [0.4, 0.5) is 0 Å². The first-order valence-corrected chi connectivity index (χ1v) is 26.1. The number of unbranched alkanes of at least 4 members (excludes halogenated alkanes) is 21. The molecular weight excluding hydrogens is 781 g/mol. The van der Waals surface area contributed by atoms with E-state index in [0.29, 0.717) is 19.3 Å². The summed E-state index contributed by atoms with van der Waals surface area (Å²) in [5.41, 5.74) is 0. The first kappa shape index (κ1) is 59.6. The Balaban J connectivity index is 4.31. The van der Waals surface area contributed by atoms with Crippen LogP contribution in [0.3, 0.4) is 0 Å². The van der Waals surface area contributed by atoms with Crippen molar-refractivity contribution in [2.75, 3.05) is 13.2 Å². The van der Waals surface area contributed by atoms with Gasteiger partial charge in [0.05, 0.1) is 0 Å². The Morgan fingerprint density at radius 1 is 0.333 bits per heavy atom. The van der Waals surface area contributed by atoms with E-state index >= 15 is 0 Å². The van der Waals surface area contributed by atoms with Crippen LogP contribution in [0.5, 0.6) is 0 Å². The molecule has 0 aliphatic rings. The number of carbonyl (C=O) groups excluding carboxylic acids is 3. The minimum absolute atomic E-state index is 0.0880. The predicted molar refractivity (Wildman–Crippen MR) is 270 cm³/mol. The van der Waals surface area contributed by atoms with Crippen molar-refractivity contribution >= 4 is 17.9 Å². The fourth-order valence-corrected chi connectivity index (χ4v) is 6.97. The van der Waals surface area contributed by atoms with E-state index in [1.807, 2.05) is 0 Å². The second-order valence-corrected chi connectivity index (χ2v) is 17.1. The molecule has 0 rings (SSSR count). The molecule has 1 unspecified atom stereocenters. The maximum atomic E-state index is 12.8. The second-order valence-electron chi connectivity index (χ2n) is 17.1. The molecule has 360 valence electrons. The third-order valence-corrected chi connectivity index (χ3v) is 10.9. The van der Waals surface area contributed by atoms with Crippen molar-refractivity contribution in [2.45, 2.75) is 245 Å². The van der Waals surface area contributed by atoms with Crippen molar-refractivity contribution in [1.82, 2.24) is 0 Å². The maximum absolute atomic E-state index is 12.8. The fourth-order valence-electron chi connectivity index (χ4n) is 6.97. The van der Waals surface area contributed by atoms with Crippen molar-refractivity contribution < 1.29 is 28.6 Å². The van der Waals surface area contributed by atoms with Gasteiger partial charge in [-0.2, -0.15) is 0 Å². The Kier molecular flexibility index (Phi) is 48.5. The van der Waals surface area contributed by atoms with Gasteiger partial charge in [-0.1, -0.05) is 209 Å². The normalized spacial score (nSPS) is 12.7. The Morgan fingerprint density at radius 2 is 0.619 bits per heavy atom. The number of rotatable bonds is 46. The number of carbonyl (C=O) groups is 3. The third kappa shape index (κ3) is 49.5. The van der Waals surface area contributed by atoms with Crippen molar-refractivity contribution in [3.8, 4) is 0 Å². The molecule has 0 spiro atoms. The smallest absolute Gasteiger partial charge is 0.306 e. The summed E-state index contributed by atoms with van der Waals surface area (Å²) in [6, 6.07) is 0. The molecule has 63 heavy (non-hydrogen) atoms. The van der Waals surface area contributed by atoms with Gasteiger partial charge in [0.15, 0.2) is 6.10 Å². The lowest BCUT2D eigenvalue weighted by atomic mass is 10.1. The van der Waals surface area contributed by atoms with E-state index < -0.39 is 6.10 Å². The van der Waals surface area contributed by atoms with Gasteiger partial charge in [0.2, 0.25) is 0 Å². The molecule has 0 aliphatic carbocycles. The molecule has 0 aromatic rings. The SMILES string of the molecule is CC/C=C\C/C=C\C/C=C\C/C=C\C/C=C\C/C=C\CCCCCCC(=O)OCC(COC(=O)CCCCCCCCC)OC(=O)CCCCCCC/C=C\CCCCCCCC. The molecule has 0 heterocycles. The minimum atomic E-state index is -0.788. The second kappa shape index (κ2) is 51.2. The Labute approximate surface area is 388 Å². The molecule has 6 nitrogen and oxygen atoms in total. The Bertz CT molecular complexity index is 1240. The number of hydrogen-bond donors (Lipinski definition) is 0. The molecule has 1 atom stereocenters. The number of allylic oxidation sites excluding steroid dienone is 14. The van der Waals surface area contributed by atoms with Gasteiger partial charge in [0.1, 0.15) is 13.2 Å². The molecule has 0 saturated heterocycles. The van der Waals surface area contributed by atoms with Crippen LogP contribution in [-0.2, 0) is 28.6 Å². The maximum Gasteiger partial charge on any atom is 0.306 e. The van der Waals surface area contributed by atoms with E-state index in [0.717, 1.165) is 122 Å². The summed E-state index contributed by atoms with van der Waals surface area (Å²) in [5.74, 6) is -0.930. The van der Waals surface area contributed by atoms with E-state index in [2.05, 4.69) is 106 Å². The Morgan fingerprint density at radius 3 is 0.984 bits per heavy atom. The molecule has 0 bridgehead atoms. The summed E-state index contributed by atoms with van der Waals surface area (Å²) in [4.78, 5) is 37.8. The Hall–Kier alpha value is -3.41. The first-order valence-electron chi connectivity index (χ1n) is 26.1. The predicted octanol–water partition coefficient (Wildman–Crippen LogP) is 17.2. The summed E-state index contributed by atoms with van der Waals surface area (Å²) in [6.07, 6.45) is 65.8. The lowest BCUT2D eigenvalue weighted by molar-refractivity contribution is -0.167. The molecule has 0 aromatic heterocycles. The van der Waals surface area contributed by atoms with Crippen LogP contribution in [0.2, 0.25) is 0 Å². The molecule has 0 N–H and O–H groups in total. The standard InChI is InChI=1S/C57H96O6/c1-4-7-10-13-16-18-20-22-24-25-26-27-28-29-30-31-33-34-36-38-41-44-47-50-56(59)62-53-54(52-61-55(58)49-46-43-40-15-12-9-6-3)63-57(60)51-48-45-42-39-37-35-32-23-21-19-17-14-11-8-5-2/h7,10,16,18,22-24,26-27,29-30,32-34,54H,4-6,8-9,11-15,17,19-21,25,28,31,35-53H2,1-3H3/b10-7-,18-16-,24-22-,27-26-,30-29-,32-23-,34-33-. The molecule has 0 saturated carbocycles. The highest BCUT2D eigenvalue weighted by Gasteiger charge is 2.19. The fraction of sp³-hybridized carbons (Fsp3) is 0.702. The number of hydrogen-bond acceptors (Lipinski definition) is 6. The van der Waals surface area contributed by atoms with Gasteiger partial charge >= 0.3 is 17.9 Å². The van der Waals surface area contributed by atoms with Gasteiger partial charge in [-0.25, -0.2) is 0 Å². The summed E-state index contributed by atoms with van der Waals surface area (Å²) in [6.45, 7) is 6.44. The highest BCUT2D eigenvalue weighted by Crippen LogP contribution is 2.13. The zero-order chi connectivity index (χ0) is 45.8. The largest absolute Gasteiger partial charge is 0.462 e. The lowest BCUT2D eigenvalue weighted by Gasteiger charge is -2.18. The molecule has 6 heteroatoms. The summed E-state index contributed by atoms with van der Waals surface area (Å²) in [5, 5.41) is 0. The zero-order valence-corrected chi connectivity index (χ0v) is 41.1. The van der Waals surface area contributed by atoms with Crippen LogP contribution in [0.15, 0.2) is 85.1 Å². The van der Waals surface area contributed by atoms with Crippen LogP contribution in [-0.4, -0.2) is 37.2 Å². The topological polar surface area (TPSA) is 78.9 Å². The quantitative estimate of drug-likeness (QED) is 0.0262. The van der Waals surface area contributed by atoms with E-state index in [1.165, 1.54) is 77.0 Å². The molecule has 0 fully saturated rings.